The van der Waals surface area contributed by atoms with Crippen molar-refractivity contribution in [3.05, 3.63) is 28.2 Å². The Morgan fingerprint density at radius 2 is 2.29 bits per heavy atom. The van der Waals surface area contributed by atoms with Gasteiger partial charge in [-0.15, -0.1) is 0 Å². The minimum atomic E-state index is -0.538. The Hall–Kier alpha value is -0.580. The molecule has 0 saturated heterocycles. The highest BCUT2D eigenvalue weighted by Gasteiger charge is 2.13. The molecule has 0 spiro atoms. The molecule has 1 unspecified atom stereocenters. The summed E-state index contributed by atoms with van der Waals surface area (Å²) in [4.78, 5) is 0. The summed E-state index contributed by atoms with van der Waals surface area (Å²) >= 11 is 3.39. The number of ether oxygens (including phenoxy) is 1. The second-order valence-corrected chi connectivity index (χ2v) is 3.75. The van der Waals surface area contributed by atoms with Crippen LogP contribution in [0.1, 0.15) is 18.1 Å². The van der Waals surface area contributed by atoms with Gasteiger partial charge in [0.05, 0.1) is 17.7 Å². The predicted molar refractivity (Wildman–Crippen MR) is 59.3 cm³/mol. The largest absolute Gasteiger partial charge is 0.496 e. The molecule has 0 aromatic heterocycles. The number of aliphatic hydroxyl groups excluding tert-OH is 1. The molecule has 3 nitrogen and oxygen atoms in total. The third-order valence-electron chi connectivity index (χ3n) is 2.01. The van der Waals surface area contributed by atoms with Gasteiger partial charge in [-0.25, -0.2) is 0 Å². The van der Waals surface area contributed by atoms with Crippen molar-refractivity contribution < 1.29 is 9.84 Å². The van der Waals surface area contributed by atoms with E-state index in [1.165, 1.54) is 0 Å². The van der Waals surface area contributed by atoms with Gasteiger partial charge in [0, 0.05) is 0 Å². The Bertz CT molecular complexity index is 304. The average Bonchev–Trinajstić information content (AvgIpc) is 2.18. The van der Waals surface area contributed by atoms with Crippen molar-refractivity contribution in [3.8, 4) is 5.75 Å². The summed E-state index contributed by atoms with van der Waals surface area (Å²) in [6.45, 7) is 0.463. The highest BCUT2D eigenvalue weighted by atomic mass is 79.9. The lowest BCUT2D eigenvalue weighted by Gasteiger charge is -2.13. The molecule has 78 valence electrons. The molecule has 0 aliphatic carbocycles. The van der Waals surface area contributed by atoms with Crippen LogP contribution < -0.4 is 10.5 Å². The smallest absolute Gasteiger partial charge is 0.133 e. The normalized spacial score (nSPS) is 12.6. The van der Waals surface area contributed by atoms with E-state index >= 15 is 0 Å². The molecule has 1 atom stereocenters. The van der Waals surface area contributed by atoms with Crippen molar-refractivity contribution in [2.75, 3.05) is 13.7 Å². The third-order valence-corrected chi connectivity index (χ3v) is 2.86. The topological polar surface area (TPSA) is 55.5 Å². The Labute approximate surface area is 92.0 Å². The van der Waals surface area contributed by atoms with E-state index in [0.29, 0.717) is 13.0 Å². The summed E-state index contributed by atoms with van der Waals surface area (Å²) in [7, 11) is 1.60. The number of nitrogens with two attached hydrogens (primary N) is 1. The molecule has 4 heteroatoms. The Morgan fingerprint density at radius 3 is 2.86 bits per heavy atom. The van der Waals surface area contributed by atoms with E-state index in [9.17, 15) is 5.11 Å². The molecule has 0 saturated carbocycles. The molecule has 0 radical (unpaired) electrons. The number of aliphatic hydroxyl groups is 1. The van der Waals surface area contributed by atoms with Crippen LogP contribution in [0.4, 0.5) is 0 Å². The van der Waals surface area contributed by atoms with Gasteiger partial charge in [0.15, 0.2) is 0 Å². The first kappa shape index (κ1) is 11.5. The highest BCUT2D eigenvalue weighted by molar-refractivity contribution is 9.10. The first-order valence-electron chi connectivity index (χ1n) is 4.41. The summed E-state index contributed by atoms with van der Waals surface area (Å²) in [6, 6.07) is 5.54. The first-order valence-corrected chi connectivity index (χ1v) is 5.20. The van der Waals surface area contributed by atoms with Crippen LogP contribution in [0.5, 0.6) is 5.75 Å². The number of benzene rings is 1. The Kier molecular flexibility index (Phi) is 4.38. The van der Waals surface area contributed by atoms with Crippen molar-refractivity contribution in [3.63, 3.8) is 0 Å². The molecule has 1 aromatic carbocycles. The van der Waals surface area contributed by atoms with Gasteiger partial charge in [-0.3, -0.25) is 0 Å². The summed E-state index contributed by atoms with van der Waals surface area (Å²) < 4.78 is 5.92. The van der Waals surface area contributed by atoms with Crippen LogP contribution in [0.15, 0.2) is 22.7 Å². The van der Waals surface area contributed by atoms with Crippen molar-refractivity contribution in [1.82, 2.24) is 0 Å². The fourth-order valence-corrected chi connectivity index (χ4v) is 1.95. The molecule has 0 bridgehead atoms. The lowest BCUT2D eigenvalue weighted by molar-refractivity contribution is 0.169. The molecule has 0 fully saturated rings. The Balaban J connectivity index is 2.96. The zero-order chi connectivity index (χ0) is 10.6. The van der Waals surface area contributed by atoms with Gasteiger partial charge in [-0.2, -0.15) is 0 Å². The molecular formula is C10H14BrNO2. The minimum Gasteiger partial charge on any atom is -0.496 e. The summed E-state index contributed by atoms with van der Waals surface area (Å²) in [5.74, 6) is 0.721. The second kappa shape index (κ2) is 5.34. The quantitative estimate of drug-likeness (QED) is 0.868. The van der Waals surface area contributed by atoms with Crippen LogP contribution in [0.25, 0.3) is 0 Å². The average molecular weight is 260 g/mol. The molecule has 3 N–H and O–H groups in total. The Morgan fingerprint density at radius 1 is 1.57 bits per heavy atom. The maximum absolute atomic E-state index is 9.76. The highest BCUT2D eigenvalue weighted by Crippen LogP contribution is 2.32. The maximum atomic E-state index is 9.76. The zero-order valence-corrected chi connectivity index (χ0v) is 9.62. The van der Waals surface area contributed by atoms with Gasteiger partial charge in [0.25, 0.3) is 0 Å². The van der Waals surface area contributed by atoms with Crippen LogP contribution in [0.3, 0.4) is 0 Å². The predicted octanol–water partition coefficient (Wildman–Crippen LogP) is 1.84. The van der Waals surface area contributed by atoms with E-state index in [-0.39, 0.29) is 0 Å². The van der Waals surface area contributed by atoms with Gasteiger partial charge in [0.1, 0.15) is 5.75 Å². The molecule has 0 amide bonds. The number of halogens is 1. The molecule has 0 aliphatic rings. The van der Waals surface area contributed by atoms with Crippen molar-refractivity contribution >= 4 is 15.9 Å². The van der Waals surface area contributed by atoms with Crippen molar-refractivity contribution in [1.29, 1.82) is 0 Å². The van der Waals surface area contributed by atoms with Gasteiger partial charge in [-0.05, 0) is 40.5 Å². The summed E-state index contributed by atoms with van der Waals surface area (Å²) in [5.41, 5.74) is 6.20. The lowest BCUT2D eigenvalue weighted by Crippen LogP contribution is -2.07. The second-order valence-electron chi connectivity index (χ2n) is 2.96. The van der Waals surface area contributed by atoms with E-state index in [1.54, 1.807) is 7.11 Å². The van der Waals surface area contributed by atoms with Crippen LogP contribution in [0, 0.1) is 0 Å². The third kappa shape index (κ3) is 2.47. The number of hydrogen-bond donors (Lipinski definition) is 2. The molecule has 0 aliphatic heterocycles. The number of methoxy groups -OCH3 is 1. The fourth-order valence-electron chi connectivity index (χ4n) is 1.26. The molecule has 14 heavy (non-hydrogen) atoms. The van der Waals surface area contributed by atoms with Crippen molar-refractivity contribution in [2.24, 2.45) is 5.73 Å². The molecule has 1 aromatic rings. The number of rotatable bonds is 4. The van der Waals surface area contributed by atoms with E-state index in [0.717, 1.165) is 15.8 Å². The van der Waals surface area contributed by atoms with Gasteiger partial charge in [-0.1, -0.05) is 12.1 Å². The van der Waals surface area contributed by atoms with E-state index in [1.807, 2.05) is 18.2 Å². The minimum absolute atomic E-state index is 0.463. The van der Waals surface area contributed by atoms with E-state index in [2.05, 4.69) is 15.9 Å². The van der Waals surface area contributed by atoms with Crippen LogP contribution in [0.2, 0.25) is 0 Å². The SMILES string of the molecule is COc1cccc(C(O)CCN)c1Br. The standard InChI is InChI=1S/C10H14BrNO2/c1-14-9-4-2-3-7(10(9)11)8(13)5-6-12/h2-4,8,13H,5-6,12H2,1H3. The fraction of sp³-hybridized carbons (Fsp3) is 0.400. The monoisotopic (exact) mass is 259 g/mol. The van der Waals surface area contributed by atoms with Crippen molar-refractivity contribution in [2.45, 2.75) is 12.5 Å². The van der Waals surface area contributed by atoms with Crippen LogP contribution >= 0.6 is 15.9 Å². The maximum Gasteiger partial charge on any atom is 0.133 e. The van der Waals surface area contributed by atoms with Gasteiger partial charge < -0.3 is 15.6 Å². The lowest BCUT2D eigenvalue weighted by atomic mass is 10.1. The van der Waals surface area contributed by atoms with Crippen LogP contribution in [-0.4, -0.2) is 18.8 Å². The molecule has 1 rings (SSSR count). The molecule has 0 heterocycles. The van der Waals surface area contributed by atoms with Crippen LogP contribution in [-0.2, 0) is 0 Å². The van der Waals surface area contributed by atoms with E-state index < -0.39 is 6.10 Å². The summed E-state index contributed by atoms with van der Waals surface area (Å²) in [5, 5.41) is 9.76. The van der Waals surface area contributed by atoms with E-state index in [4.69, 9.17) is 10.5 Å². The van der Waals surface area contributed by atoms with Gasteiger partial charge in [0.2, 0.25) is 0 Å². The number of hydrogen-bond acceptors (Lipinski definition) is 3. The molecular weight excluding hydrogens is 246 g/mol. The van der Waals surface area contributed by atoms with Gasteiger partial charge >= 0.3 is 0 Å². The zero-order valence-electron chi connectivity index (χ0n) is 8.03. The summed E-state index contributed by atoms with van der Waals surface area (Å²) in [6.07, 6.45) is 0.00987. The first-order chi connectivity index (χ1) is 6.70.